The van der Waals surface area contributed by atoms with Crippen LogP contribution in [0.15, 0.2) is 24.3 Å². The molecule has 2 N–H and O–H groups in total. The maximum atomic E-state index is 11.8. The van der Waals surface area contributed by atoms with Gasteiger partial charge in [0, 0.05) is 12.6 Å². The monoisotopic (exact) mass is 337 g/mol. The molecule has 0 aliphatic rings. The molecule has 24 heavy (non-hydrogen) atoms. The van der Waals surface area contributed by atoms with Gasteiger partial charge in [0.05, 0.1) is 4.92 Å². The Kier molecular flexibility index (Phi) is 7.34. The molecule has 0 spiro atoms. The number of nitrogens with zero attached hydrogens (tertiary/aromatic N) is 1. The van der Waals surface area contributed by atoms with E-state index in [9.17, 15) is 24.5 Å². The number of carbonyl (C=O) groups excluding carboxylic acids is 3. The minimum Gasteiger partial charge on any atom is -0.452 e. The number of esters is 1. The Balaban J connectivity index is 2.54. The smallest absolute Gasteiger partial charge is 0.345 e. The molecule has 0 bridgehead atoms. The lowest BCUT2D eigenvalue weighted by molar-refractivity contribution is -0.385. The van der Waals surface area contributed by atoms with E-state index in [4.69, 9.17) is 4.74 Å². The van der Waals surface area contributed by atoms with Crippen LogP contribution in [0.2, 0.25) is 0 Å². The summed E-state index contributed by atoms with van der Waals surface area (Å²) in [4.78, 5) is 45.3. The molecular weight excluding hydrogens is 318 g/mol. The van der Waals surface area contributed by atoms with Crippen LogP contribution in [0.4, 0.5) is 5.69 Å². The van der Waals surface area contributed by atoms with Crippen LogP contribution >= 0.6 is 0 Å². The van der Waals surface area contributed by atoms with Crippen molar-refractivity contribution in [1.82, 2.24) is 10.6 Å². The molecule has 2 amide bonds. The van der Waals surface area contributed by atoms with Crippen molar-refractivity contribution in [2.75, 3.05) is 13.2 Å². The Morgan fingerprint density at radius 1 is 1.29 bits per heavy atom. The predicted molar refractivity (Wildman–Crippen MR) is 84.3 cm³/mol. The van der Waals surface area contributed by atoms with Crippen molar-refractivity contribution < 1.29 is 24.0 Å². The van der Waals surface area contributed by atoms with Gasteiger partial charge in [-0.05, 0) is 19.4 Å². The Bertz CT molecular complexity index is 631. The summed E-state index contributed by atoms with van der Waals surface area (Å²) in [5.41, 5.74) is -0.653. The Morgan fingerprint density at radius 2 is 1.96 bits per heavy atom. The Hall–Kier alpha value is -2.97. The van der Waals surface area contributed by atoms with Gasteiger partial charge in [-0.25, -0.2) is 4.79 Å². The summed E-state index contributed by atoms with van der Waals surface area (Å²) in [5, 5.41) is 15.8. The summed E-state index contributed by atoms with van der Waals surface area (Å²) in [5.74, 6) is -2.02. The molecule has 0 radical (unpaired) electrons. The van der Waals surface area contributed by atoms with E-state index in [-0.39, 0.29) is 11.5 Å². The number of benzene rings is 1. The molecule has 130 valence electrons. The van der Waals surface area contributed by atoms with E-state index in [1.165, 1.54) is 25.1 Å². The van der Waals surface area contributed by atoms with Crippen molar-refractivity contribution in [3.8, 4) is 0 Å². The first kappa shape index (κ1) is 19.1. The van der Waals surface area contributed by atoms with Crippen LogP contribution in [0.5, 0.6) is 0 Å². The first-order valence-electron chi connectivity index (χ1n) is 7.34. The molecule has 0 saturated heterocycles. The third-order valence-corrected chi connectivity index (χ3v) is 2.98. The van der Waals surface area contributed by atoms with Gasteiger partial charge >= 0.3 is 5.97 Å². The number of hydrogen-bond donors (Lipinski definition) is 2. The molecule has 1 aromatic rings. The molecular formula is C15H19N3O6. The van der Waals surface area contributed by atoms with Crippen molar-refractivity contribution in [2.45, 2.75) is 26.3 Å². The summed E-state index contributed by atoms with van der Waals surface area (Å²) in [6.45, 7) is 3.24. The van der Waals surface area contributed by atoms with Gasteiger partial charge < -0.3 is 15.4 Å². The fourth-order valence-corrected chi connectivity index (χ4v) is 1.76. The predicted octanol–water partition coefficient (Wildman–Crippen LogP) is 0.782. The second-order valence-corrected chi connectivity index (χ2v) is 4.93. The molecule has 1 atom stereocenters. The second kappa shape index (κ2) is 9.23. The zero-order valence-corrected chi connectivity index (χ0v) is 13.4. The van der Waals surface area contributed by atoms with E-state index in [1.807, 2.05) is 6.92 Å². The van der Waals surface area contributed by atoms with Crippen molar-refractivity contribution >= 4 is 23.5 Å². The summed E-state index contributed by atoms with van der Waals surface area (Å²) in [6, 6.07) is 4.48. The highest BCUT2D eigenvalue weighted by Gasteiger charge is 2.22. The van der Waals surface area contributed by atoms with Crippen molar-refractivity contribution in [3.63, 3.8) is 0 Å². The molecule has 1 rings (SSSR count). The highest BCUT2D eigenvalue weighted by atomic mass is 16.6. The van der Waals surface area contributed by atoms with Gasteiger partial charge in [-0.2, -0.15) is 0 Å². The molecule has 0 fully saturated rings. The molecule has 9 heteroatoms. The van der Waals surface area contributed by atoms with E-state index in [1.54, 1.807) is 0 Å². The summed E-state index contributed by atoms with van der Waals surface area (Å²) < 4.78 is 4.76. The van der Waals surface area contributed by atoms with Crippen molar-refractivity contribution in [3.05, 3.63) is 39.9 Å². The third-order valence-electron chi connectivity index (χ3n) is 2.98. The van der Waals surface area contributed by atoms with Gasteiger partial charge in [0.25, 0.3) is 11.6 Å². The lowest BCUT2D eigenvalue weighted by Crippen LogP contribution is -2.46. The highest BCUT2D eigenvalue weighted by molar-refractivity contribution is 5.95. The number of rotatable bonds is 8. The maximum Gasteiger partial charge on any atom is 0.345 e. The summed E-state index contributed by atoms with van der Waals surface area (Å²) in [7, 11) is 0. The van der Waals surface area contributed by atoms with E-state index in [0.29, 0.717) is 6.54 Å². The number of hydrogen-bond acceptors (Lipinski definition) is 6. The maximum absolute atomic E-state index is 11.8. The normalized spacial score (nSPS) is 11.2. The molecule has 1 aromatic carbocycles. The summed E-state index contributed by atoms with van der Waals surface area (Å²) in [6.07, 6.45) is 0.764. The highest BCUT2D eigenvalue weighted by Crippen LogP contribution is 2.18. The van der Waals surface area contributed by atoms with Gasteiger partial charge in [0.2, 0.25) is 5.91 Å². The topological polar surface area (TPSA) is 128 Å². The fraction of sp³-hybridized carbons (Fsp3) is 0.400. The lowest BCUT2D eigenvalue weighted by atomic mass is 10.2. The number of amides is 2. The quantitative estimate of drug-likeness (QED) is 0.410. The molecule has 0 unspecified atom stereocenters. The molecule has 0 aromatic heterocycles. The van der Waals surface area contributed by atoms with E-state index < -0.39 is 35.1 Å². The SMILES string of the molecule is CCCNC(=O)[C@@H](C)NC(=O)COC(=O)c1ccccc1[N+](=O)[O-]. The molecule has 0 aliphatic carbocycles. The Morgan fingerprint density at radius 3 is 2.58 bits per heavy atom. The van der Waals surface area contributed by atoms with Crippen LogP contribution in [0.1, 0.15) is 30.6 Å². The summed E-state index contributed by atoms with van der Waals surface area (Å²) >= 11 is 0. The fourth-order valence-electron chi connectivity index (χ4n) is 1.76. The Labute approximate surface area is 138 Å². The van der Waals surface area contributed by atoms with Crippen LogP contribution in [-0.2, 0) is 14.3 Å². The van der Waals surface area contributed by atoms with Gasteiger partial charge in [-0.15, -0.1) is 0 Å². The first-order valence-corrected chi connectivity index (χ1v) is 7.34. The van der Waals surface area contributed by atoms with Crippen LogP contribution in [-0.4, -0.2) is 41.9 Å². The van der Waals surface area contributed by atoms with Gasteiger partial charge in [0.15, 0.2) is 6.61 Å². The first-order chi connectivity index (χ1) is 11.4. The number of para-hydroxylation sites is 1. The van der Waals surface area contributed by atoms with Gasteiger partial charge in [-0.3, -0.25) is 19.7 Å². The third kappa shape index (κ3) is 5.67. The number of nitro benzene ring substituents is 1. The van der Waals surface area contributed by atoms with Crippen LogP contribution in [0, 0.1) is 10.1 Å². The van der Waals surface area contributed by atoms with Gasteiger partial charge in [-0.1, -0.05) is 19.1 Å². The van der Waals surface area contributed by atoms with Crippen molar-refractivity contribution in [1.29, 1.82) is 0 Å². The minimum absolute atomic E-state index is 0.246. The molecule has 9 nitrogen and oxygen atoms in total. The van der Waals surface area contributed by atoms with Crippen molar-refractivity contribution in [2.24, 2.45) is 0 Å². The number of ether oxygens (including phenoxy) is 1. The standard InChI is InChI=1S/C15H19N3O6/c1-3-8-16-14(20)10(2)17-13(19)9-24-15(21)11-6-4-5-7-12(11)18(22)23/h4-7,10H,3,8-9H2,1-2H3,(H,16,20)(H,17,19)/t10-/m1/s1. The molecule has 0 aliphatic heterocycles. The van der Waals surface area contributed by atoms with E-state index >= 15 is 0 Å². The largest absolute Gasteiger partial charge is 0.452 e. The number of nitro groups is 1. The van der Waals surface area contributed by atoms with Crippen LogP contribution < -0.4 is 10.6 Å². The molecule has 0 heterocycles. The van der Waals surface area contributed by atoms with E-state index in [2.05, 4.69) is 10.6 Å². The second-order valence-electron chi connectivity index (χ2n) is 4.93. The lowest BCUT2D eigenvalue weighted by Gasteiger charge is -2.13. The van der Waals surface area contributed by atoms with Gasteiger partial charge in [0.1, 0.15) is 11.6 Å². The van der Waals surface area contributed by atoms with Crippen LogP contribution in [0.3, 0.4) is 0 Å². The van der Waals surface area contributed by atoms with Crippen LogP contribution in [0.25, 0.3) is 0 Å². The zero-order valence-electron chi connectivity index (χ0n) is 13.4. The number of nitrogens with one attached hydrogen (secondary N) is 2. The number of carbonyl (C=O) groups is 3. The zero-order chi connectivity index (χ0) is 18.1. The minimum atomic E-state index is -0.986. The average Bonchev–Trinajstić information content (AvgIpc) is 2.57. The van der Waals surface area contributed by atoms with E-state index in [0.717, 1.165) is 12.5 Å². The average molecular weight is 337 g/mol. The molecule has 0 saturated carbocycles.